The van der Waals surface area contributed by atoms with Gasteiger partial charge in [0.25, 0.3) is 0 Å². The smallest absolute Gasteiger partial charge is 0.313 e. The number of nitriles is 1. The third-order valence-electron chi connectivity index (χ3n) is 0.823. The van der Waals surface area contributed by atoms with Crippen LogP contribution in [-0.4, -0.2) is 35.0 Å². The minimum absolute atomic E-state index is 0.0353. The molecule has 0 heterocycles. The largest absolute Gasteiger partial charge is 0.481 e. The Morgan fingerprint density at radius 3 is 2.67 bits per heavy atom. The number of carbonyl (C=O) groups excluding carboxylic acids is 1. The van der Waals surface area contributed by atoms with Crippen LogP contribution >= 0.6 is 11.8 Å². The number of carboxylic acid groups (broad SMARTS) is 1. The van der Waals surface area contributed by atoms with Gasteiger partial charge in [-0.1, -0.05) is 0 Å². The first-order valence-corrected chi connectivity index (χ1v) is 4.25. The van der Waals surface area contributed by atoms with Crippen LogP contribution in [-0.2, 0) is 9.59 Å². The molecule has 2 N–H and O–H groups in total. The quantitative estimate of drug-likeness (QED) is 0.564. The van der Waals surface area contributed by atoms with Crippen LogP contribution in [0.15, 0.2) is 0 Å². The molecule has 1 amide bonds. The molecule has 0 aromatic carbocycles. The molecule has 0 radical (unpaired) electrons. The first-order valence-electron chi connectivity index (χ1n) is 3.10. The summed E-state index contributed by atoms with van der Waals surface area (Å²) in [6.45, 7) is -0.0353. The standard InChI is InChI=1S/C6H8N2O3S/c7-1-2-8-5(9)3-12-4-6(10)11/h2-4H2,(H,8,9)(H,10,11). The van der Waals surface area contributed by atoms with Gasteiger partial charge in [-0.25, -0.2) is 0 Å². The summed E-state index contributed by atoms with van der Waals surface area (Å²) in [6, 6.07) is 1.74. The Balaban J connectivity index is 3.33. The van der Waals surface area contributed by atoms with E-state index in [0.717, 1.165) is 11.8 Å². The molecule has 12 heavy (non-hydrogen) atoms. The van der Waals surface area contributed by atoms with E-state index in [4.69, 9.17) is 10.4 Å². The maximum atomic E-state index is 10.7. The second kappa shape index (κ2) is 6.49. The minimum atomic E-state index is -0.951. The SMILES string of the molecule is N#CCNC(=O)CSCC(=O)O. The maximum Gasteiger partial charge on any atom is 0.313 e. The van der Waals surface area contributed by atoms with Gasteiger partial charge in [0.05, 0.1) is 17.6 Å². The predicted molar refractivity (Wildman–Crippen MR) is 43.6 cm³/mol. The second-order valence-corrected chi connectivity index (χ2v) is 2.81. The normalized spacial score (nSPS) is 8.58. The number of rotatable bonds is 5. The topological polar surface area (TPSA) is 90.2 Å². The molecule has 0 fully saturated rings. The summed E-state index contributed by atoms with van der Waals surface area (Å²) in [5.74, 6) is -1.29. The Bertz CT molecular complexity index is 211. The number of carbonyl (C=O) groups is 2. The van der Waals surface area contributed by atoms with Crippen LogP contribution in [0.1, 0.15) is 0 Å². The van der Waals surface area contributed by atoms with E-state index in [0.29, 0.717) is 0 Å². The molecule has 66 valence electrons. The van der Waals surface area contributed by atoms with E-state index >= 15 is 0 Å². The molecular weight excluding hydrogens is 180 g/mol. The van der Waals surface area contributed by atoms with Crippen molar-refractivity contribution in [1.29, 1.82) is 5.26 Å². The lowest BCUT2D eigenvalue weighted by Crippen LogP contribution is -2.25. The number of aliphatic carboxylic acids is 1. The highest BCUT2D eigenvalue weighted by Gasteiger charge is 2.02. The third kappa shape index (κ3) is 6.89. The van der Waals surface area contributed by atoms with Gasteiger partial charge in [0.2, 0.25) is 5.91 Å². The summed E-state index contributed by atoms with van der Waals surface area (Å²) < 4.78 is 0. The van der Waals surface area contributed by atoms with Crippen molar-refractivity contribution in [3.63, 3.8) is 0 Å². The number of nitrogens with zero attached hydrogens (tertiary/aromatic N) is 1. The number of amides is 1. The average molecular weight is 188 g/mol. The molecule has 6 heteroatoms. The van der Waals surface area contributed by atoms with Crippen molar-refractivity contribution in [1.82, 2.24) is 5.32 Å². The van der Waals surface area contributed by atoms with Gasteiger partial charge in [-0.15, -0.1) is 11.8 Å². The second-order valence-electron chi connectivity index (χ2n) is 1.82. The van der Waals surface area contributed by atoms with Gasteiger partial charge in [-0.05, 0) is 0 Å². The Morgan fingerprint density at radius 2 is 2.17 bits per heavy atom. The molecule has 0 saturated heterocycles. The van der Waals surface area contributed by atoms with Gasteiger partial charge in [-0.2, -0.15) is 5.26 Å². The highest BCUT2D eigenvalue weighted by atomic mass is 32.2. The fraction of sp³-hybridized carbons (Fsp3) is 0.500. The van der Waals surface area contributed by atoms with Crippen LogP contribution in [0.5, 0.6) is 0 Å². The third-order valence-corrected chi connectivity index (χ3v) is 1.74. The Kier molecular flexibility index (Phi) is 5.83. The summed E-state index contributed by atoms with van der Waals surface area (Å²) >= 11 is 0.999. The lowest BCUT2D eigenvalue weighted by atomic mass is 10.6. The minimum Gasteiger partial charge on any atom is -0.481 e. The van der Waals surface area contributed by atoms with Crippen LogP contribution in [0, 0.1) is 11.3 Å². The van der Waals surface area contributed by atoms with Gasteiger partial charge in [0, 0.05) is 0 Å². The fourth-order valence-corrected chi connectivity index (χ4v) is 0.984. The summed E-state index contributed by atoms with van der Waals surface area (Å²) in [4.78, 5) is 20.7. The molecule has 0 aliphatic rings. The zero-order valence-electron chi connectivity index (χ0n) is 6.24. The van der Waals surface area contributed by atoms with Crippen molar-refractivity contribution in [3.05, 3.63) is 0 Å². The zero-order valence-corrected chi connectivity index (χ0v) is 7.06. The van der Waals surface area contributed by atoms with Gasteiger partial charge in [0.1, 0.15) is 6.54 Å². The molecule has 0 aromatic rings. The first-order chi connectivity index (χ1) is 5.66. The molecule has 0 aliphatic heterocycles. The van der Waals surface area contributed by atoms with Crippen molar-refractivity contribution in [3.8, 4) is 6.07 Å². The van der Waals surface area contributed by atoms with Gasteiger partial charge < -0.3 is 10.4 Å². The molecule has 5 nitrogen and oxygen atoms in total. The Hall–Kier alpha value is -1.22. The summed E-state index contributed by atoms with van der Waals surface area (Å²) in [5.41, 5.74) is 0. The molecule has 0 atom stereocenters. The van der Waals surface area contributed by atoms with E-state index in [1.807, 2.05) is 0 Å². The molecule has 0 aliphatic carbocycles. The maximum absolute atomic E-state index is 10.7. The molecule has 0 saturated carbocycles. The number of thioether (sulfide) groups is 1. The first kappa shape index (κ1) is 10.8. The summed E-state index contributed by atoms with van der Waals surface area (Å²) in [6.07, 6.45) is 0. The summed E-state index contributed by atoms with van der Waals surface area (Å²) in [5, 5.41) is 18.6. The lowest BCUT2D eigenvalue weighted by Gasteiger charge is -1.97. The van der Waals surface area contributed by atoms with Crippen LogP contribution < -0.4 is 5.32 Å². The molecule has 0 aromatic heterocycles. The Morgan fingerprint density at radius 1 is 1.50 bits per heavy atom. The van der Waals surface area contributed by atoms with E-state index in [9.17, 15) is 9.59 Å². The highest BCUT2D eigenvalue weighted by Crippen LogP contribution is 1.97. The predicted octanol–water partition coefficient (Wildman–Crippen LogP) is -0.556. The number of carboxylic acids is 1. The van der Waals surface area contributed by atoms with Crippen LogP contribution in [0.4, 0.5) is 0 Å². The number of hydrogen-bond donors (Lipinski definition) is 2. The fourth-order valence-electron chi connectivity index (χ4n) is 0.420. The average Bonchev–Trinajstić information content (AvgIpc) is 2.00. The van der Waals surface area contributed by atoms with Crippen LogP contribution in [0.25, 0.3) is 0 Å². The molecular formula is C6H8N2O3S. The molecule has 0 rings (SSSR count). The van der Waals surface area contributed by atoms with Crippen molar-refractivity contribution in [2.24, 2.45) is 0 Å². The molecule has 0 unspecified atom stereocenters. The Labute approximate surface area is 73.7 Å². The number of nitrogens with one attached hydrogen (secondary N) is 1. The molecule has 0 spiro atoms. The summed E-state index contributed by atoms with van der Waals surface area (Å²) in [7, 11) is 0. The van der Waals surface area contributed by atoms with Crippen molar-refractivity contribution in [2.45, 2.75) is 0 Å². The van der Waals surface area contributed by atoms with Gasteiger partial charge >= 0.3 is 5.97 Å². The van der Waals surface area contributed by atoms with Gasteiger partial charge in [0.15, 0.2) is 0 Å². The van der Waals surface area contributed by atoms with Crippen LogP contribution in [0.3, 0.4) is 0 Å². The number of hydrogen-bond acceptors (Lipinski definition) is 4. The lowest BCUT2D eigenvalue weighted by molar-refractivity contribution is -0.133. The van der Waals surface area contributed by atoms with Crippen molar-refractivity contribution < 1.29 is 14.7 Å². The van der Waals surface area contributed by atoms with Crippen molar-refractivity contribution >= 4 is 23.6 Å². The van der Waals surface area contributed by atoms with E-state index in [1.165, 1.54) is 0 Å². The highest BCUT2D eigenvalue weighted by molar-refractivity contribution is 8.00. The van der Waals surface area contributed by atoms with E-state index < -0.39 is 5.97 Å². The van der Waals surface area contributed by atoms with E-state index in [1.54, 1.807) is 6.07 Å². The molecule has 0 bridgehead atoms. The monoisotopic (exact) mass is 188 g/mol. The van der Waals surface area contributed by atoms with Gasteiger partial charge in [-0.3, -0.25) is 9.59 Å². The van der Waals surface area contributed by atoms with E-state index in [-0.39, 0.29) is 24.0 Å². The van der Waals surface area contributed by atoms with Crippen LogP contribution in [0.2, 0.25) is 0 Å². The van der Waals surface area contributed by atoms with E-state index in [2.05, 4.69) is 5.32 Å². The zero-order chi connectivity index (χ0) is 9.40. The van der Waals surface area contributed by atoms with Crippen molar-refractivity contribution in [2.75, 3.05) is 18.1 Å².